The Bertz CT molecular complexity index is 1260. The lowest BCUT2D eigenvalue weighted by molar-refractivity contribution is 0.461. The minimum Gasteiger partial charge on any atom is -0.207 e. The van der Waals surface area contributed by atoms with Crippen molar-refractivity contribution in [3.05, 3.63) is 138 Å². The molecule has 0 aliphatic rings. The summed E-state index contributed by atoms with van der Waals surface area (Å²) in [5.41, 5.74) is 4.43. The van der Waals surface area contributed by atoms with Crippen LogP contribution in [0, 0.1) is 6.92 Å². The zero-order valence-electron chi connectivity index (χ0n) is 19.5. The molecule has 0 radical (unpaired) electrons. The van der Waals surface area contributed by atoms with Gasteiger partial charge in [0.1, 0.15) is 0 Å². The Kier molecular flexibility index (Phi) is 7.94. The normalized spacial score (nSPS) is 13.3. The summed E-state index contributed by atoms with van der Waals surface area (Å²) in [6.07, 6.45) is 2.77. The molecule has 0 saturated heterocycles. The average Bonchev–Trinajstić information content (AvgIpc) is 2.87. The first-order chi connectivity index (χ1) is 16.5. The molecule has 3 nitrogen and oxygen atoms in total. The first-order valence-corrected chi connectivity index (χ1v) is 13.2. The van der Waals surface area contributed by atoms with E-state index < -0.39 is 10.0 Å². The molecular formula is C30H31NO2S. The summed E-state index contributed by atoms with van der Waals surface area (Å²) in [4.78, 5) is 0.287. The van der Waals surface area contributed by atoms with Gasteiger partial charge in [0.25, 0.3) is 0 Å². The van der Waals surface area contributed by atoms with Gasteiger partial charge < -0.3 is 0 Å². The van der Waals surface area contributed by atoms with E-state index in [2.05, 4.69) is 41.1 Å². The van der Waals surface area contributed by atoms with Crippen molar-refractivity contribution in [1.82, 2.24) is 4.72 Å². The van der Waals surface area contributed by atoms with Crippen LogP contribution in [-0.2, 0) is 16.4 Å². The fourth-order valence-corrected chi connectivity index (χ4v) is 5.66. The molecule has 2 atom stereocenters. The summed E-state index contributed by atoms with van der Waals surface area (Å²) in [6.45, 7) is 1.95. The molecule has 0 heterocycles. The molecule has 0 aromatic heterocycles. The Morgan fingerprint density at radius 3 is 1.79 bits per heavy atom. The fraction of sp³-hybridized carbons (Fsp3) is 0.200. The molecule has 0 amide bonds. The first-order valence-electron chi connectivity index (χ1n) is 11.8. The second kappa shape index (κ2) is 11.3. The standard InChI is InChI=1S/C30H31NO2S/c1-24-20-22-28(23-21-24)34(32,33)31-30(27-17-9-4-10-18-27)29(26-15-7-3-8-16-26)19-11-14-25-12-5-2-6-13-25/h2-10,12-13,15-18,20-23,29-31H,11,14,19H2,1H3/t29-,30+/m1/s1. The van der Waals surface area contributed by atoms with Crippen LogP contribution < -0.4 is 4.72 Å². The quantitative estimate of drug-likeness (QED) is 0.277. The van der Waals surface area contributed by atoms with E-state index in [0.29, 0.717) is 0 Å². The highest BCUT2D eigenvalue weighted by molar-refractivity contribution is 7.89. The van der Waals surface area contributed by atoms with Crippen LogP contribution >= 0.6 is 0 Å². The van der Waals surface area contributed by atoms with Gasteiger partial charge in [0, 0.05) is 5.92 Å². The van der Waals surface area contributed by atoms with Crippen LogP contribution in [-0.4, -0.2) is 8.42 Å². The summed E-state index contributed by atoms with van der Waals surface area (Å²) >= 11 is 0. The van der Waals surface area contributed by atoms with Crippen molar-refractivity contribution in [2.45, 2.75) is 43.0 Å². The topological polar surface area (TPSA) is 46.2 Å². The number of rotatable bonds is 10. The molecule has 0 saturated carbocycles. The van der Waals surface area contributed by atoms with Crippen LogP contribution in [0.1, 0.15) is 47.1 Å². The Morgan fingerprint density at radius 2 is 1.21 bits per heavy atom. The second-order valence-electron chi connectivity index (χ2n) is 8.72. The summed E-state index contributed by atoms with van der Waals surface area (Å²) in [5, 5.41) is 0. The molecule has 0 spiro atoms. The van der Waals surface area contributed by atoms with Crippen molar-refractivity contribution >= 4 is 10.0 Å². The summed E-state index contributed by atoms with van der Waals surface area (Å²) < 4.78 is 30.0. The van der Waals surface area contributed by atoms with Gasteiger partial charge in [-0.2, -0.15) is 0 Å². The third kappa shape index (κ3) is 6.22. The van der Waals surface area contributed by atoms with E-state index >= 15 is 0 Å². The van der Waals surface area contributed by atoms with Gasteiger partial charge in [0.15, 0.2) is 0 Å². The van der Waals surface area contributed by atoms with Gasteiger partial charge in [-0.05, 0) is 55.0 Å². The zero-order valence-corrected chi connectivity index (χ0v) is 20.3. The summed E-state index contributed by atoms with van der Waals surface area (Å²) in [7, 11) is -3.70. The molecule has 4 rings (SSSR count). The van der Waals surface area contributed by atoms with Gasteiger partial charge in [-0.1, -0.05) is 109 Å². The van der Waals surface area contributed by atoms with Crippen LogP contribution in [0.3, 0.4) is 0 Å². The number of hydrogen-bond acceptors (Lipinski definition) is 2. The van der Waals surface area contributed by atoms with Gasteiger partial charge in [0.05, 0.1) is 10.9 Å². The molecule has 1 N–H and O–H groups in total. The number of hydrogen-bond donors (Lipinski definition) is 1. The lowest BCUT2D eigenvalue weighted by Crippen LogP contribution is -2.33. The molecule has 0 unspecified atom stereocenters. The highest BCUT2D eigenvalue weighted by Gasteiger charge is 2.29. The molecule has 4 aromatic carbocycles. The smallest absolute Gasteiger partial charge is 0.207 e. The molecule has 34 heavy (non-hydrogen) atoms. The largest absolute Gasteiger partial charge is 0.241 e. The number of sulfonamides is 1. The Hall–Kier alpha value is -3.21. The van der Waals surface area contributed by atoms with E-state index in [-0.39, 0.29) is 16.9 Å². The molecule has 0 aliphatic heterocycles. The molecular weight excluding hydrogens is 438 g/mol. The lowest BCUT2D eigenvalue weighted by atomic mass is 9.83. The van der Waals surface area contributed by atoms with Gasteiger partial charge in [-0.3, -0.25) is 0 Å². The van der Waals surface area contributed by atoms with Gasteiger partial charge >= 0.3 is 0 Å². The van der Waals surface area contributed by atoms with Crippen LogP contribution in [0.4, 0.5) is 0 Å². The summed E-state index contributed by atoms with van der Waals surface area (Å²) in [5.74, 6) is -0.00691. The van der Waals surface area contributed by atoms with Crippen LogP contribution in [0.25, 0.3) is 0 Å². The molecule has 0 fully saturated rings. The van der Waals surface area contributed by atoms with Crippen LogP contribution in [0.15, 0.2) is 120 Å². The van der Waals surface area contributed by atoms with Crippen molar-refractivity contribution in [2.24, 2.45) is 0 Å². The maximum absolute atomic E-state index is 13.4. The Balaban J connectivity index is 1.67. The van der Waals surface area contributed by atoms with E-state index in [4.69, 9.17) is 0 Å². The molecule has 0 bridgehead atoms. The highest BCUT2D eigenvalue weighted by atomic mass is 32.2. The predicted octanol–water partition coefficient (Wildman–Crippen LogP) is 6.82. The van der Waals surface area contributed by atoms with Crippen molar-refractivity contribution in [1.29, 1.82) is 0 Å². The first kappa shape index (κ1) is 23.9. The minimum atomic E-state index is -3.70. The predicted molar refractivity (Wildman–Crippen MR) is 139 cm³/mol. The van der Waals surface area contributed by atoms with E-state index in [1.807, 2.05) is 73.7 Å². The molecule has 174 valence electrons. The van der Waals surface area contributed by atoms with Gasteiger partial charge in [-0.25, -0.2) is 13.1 Å². The Labute approximate surface area is 203 Å². The fourth-order valence-electron chi connectivity index (χ4n) is 4.39. The van der Waals surface area contributed by atoms with Crippen LogP contribution in [0.2, 0.25) is 0 Å². The number of benzene rings is 4. The van der Waals surface area contributed by atoms with Gasteiger partial charge in [-0.15, -0.1) is 0 Å². The summed E-state index contributed by atoms with van der Waals surface area (Å²) in [6, 6.07) is 37.2. The van der Waals surface area contributed by atoms with E-state index in [1.165, 1.54) is 5.56 Å². The SMILES string of the molecule is Cc1ccc(S(=O)(=O)N[C@@H](c2ccccc2)[C@H](CCCc2ccccc2)c2ccccc2)cc1. The van der Waals surface area contributed by atoms with Crippen molar-refractivity contribution in [2.75, 3.05) is 0 Å². The molecule has 0 aliphatic carbocycles. The zero-order chi connectivity index (χ0) is 23.8. The molecule has 4 aromatic rings. The second-order valence-corrected chi connectivity index (χ2v) is 10.4. The van der Waals surface area contributed by atoms with Crippen molar-refractivity contribution < 1.29 is 8.42 Å². The van der Waals surface area contributed by atoms with Crippen molar-refractivity contribution in [3.63, 3.8) is 0 Å². The lowest BCUT2D eigenvalue weighted by Gasteiger charge is -2.29. The minimum absolute atomic E-state index is 0.00691. The molecule has 4 heteroatoms. The third-order valence-electron chi connectivity index (χ3n) is 6.23. The van der Waals surface area contributed by atoms with E-state index in [9.17, 15) is 8.42 Å². The van der Waals surface area contributed by atoms with E-state index in [1.54, 1.807) is 12.1 Å². The highest BCUT2D eigenvalue weighted by Crippen LogP contribution is 2.36. The maximum Gasteiger partial charge on any atom is 0.241 e. The van der Waals surface area contributed by atoms with Gasteiger partial charge in [0.2, 0.25) is 10.0 Å². The number of nitrogens with one attached hydrogen (secondary N) is 1. The average molecular weight is 470 g/mol. The van der Waals surface area contributed by atoms with Crippen LogP contribution in [0.5, 0.6) is 0 Å². The van der Waals surface area contributed by atoms with Crippen molar-refractivity contribution in [3.8, 4) is 0 Å². The maximum atomic E-state index is 13.4. The van der Waals surface area contributed by atoms with E-state index in [0.717, 1.165) is 36.0 Å². The Morgan fingerprint density at radius 1 is 0.676 bits per heavy atom. The monoisotopic (exact) mass is 469 g/mol. The number of aryl methyl sites for hydroxylation is 2. The third-order valence-corrected chi connectivity index (χ3v) is 7.68.